The van der Waals surface area contributed by atoms with E-state index in [1.54, 1.807) is 24.3 Å². The minimum atomic E-state index is -0.810. The molecular weight excluding hydrogens is 301 g/mol. The summed E-state index contributed by atoms with van der Waals surface area (Å²) in [5, 5.41) is 17.9. The van der Waals surface area contributed by atoms with E-state index < -0.39 is 12.1 Å². The maximum absolute atomic E-state index is 13.5. The van der Waals surface area contributed by atoms with Gasteiger partial charge in [-0.3, -0.25) is 9.69 Å². The van der Waals surface area contributed by atoms with E-state index >= 15 is 0 Å². The number of aromatic nitrogens is 4. The molecule has 2 aromatic rings. The first kappa shape index (κ1) is 14.7. The Kier molecular flexibility index (Phi) is 4.27. The number of amides is 1. The predicted octanol–water partition coefficient (Wildman–Crippen LogP) is 0.611. The van der Waals surface area contributed by atoms with Gasteiger partial charge in [0.25, 0.3) is 0 Å². The van der Waals surface area contributed by atoms with Crippen LogP contribution in [0.2, 0.25) is 0 Å². The van der Waals surface area contributed by atoms with Crippen molar-refractivity contribution in [3.05, 3.63) is 54.4 Å². The Balaban J connectivity index is 1.73. The average Bonchev–Trinajstić information content (AvgIpc) is 2.58. The van der Waals surface area contributed by atoms with Crippen molar-refractivity contribution in [1.29, 1.82) is 0 Å². The summed E-state index contributed by atoms with van der Waals surface area (Å²) in [6.07, 6.45) is 4.50. The number of allylic oxidation sites excluding steroid dienone is 1. The van der Waals surface area contributed by atoms with Crippen molar-refractivity contribution in [2.75, 3.05) is 4.90 Å². The first-order valence-electron chi connectivity index (χ1n) is 6.75. The number of carbonyl (C=O) groups excluding carboxylic acids is 1. The summed E-state index contributed by atoms with van der Waals surface area (Å²) in [4.78, 5) is 17.5. The first-order valence-corrected chi connectivity index (χ1v) is 6.75. The van der Waals surface area contributed by atoms with Crippen LogP contribution < -0.4 is 10.2 Å². The zero-order valence-corrected chi connectivity index (χ0v) is 11.9. The molecule has 0 fully saturated rings. The predicted molar refractivity (Wildman–Crippen MR) is 79.9 cm³/mol. The van der Waals surface area contributed by atoms with E-state index in [0.29, 0.717) is 11.5 Å². The fourth-order valence-corrected chi connectivity index (χ4v) is 1.97. The molecule has 0 bridgehead atoms. The summed E-state index contributed by atoms with van der Waals surface area (Å²) in [5.41, 5.74) is 0.526. The maximum Gasteiger partial charge on any atom is 0.229 e. The molecule has 0 saturated heterocycles. The zero-order chi connectivity index (χ0) is 16.1. The summed E-state index contributed by atoms with van der Waals surface area (Å²) in [5.74, 6) is -0.503. The summed E-state index contributed by atoms with van der Waals surface area (Å²) >= 11 is 0. The molecule has 0 aliphatic carbocycles. The number of carbonyl (C=O) groups is 1. The van der Waals surface area contributed by atoms with Crippen LogP contribution in [0.3, 0.4) is 0 Å². The Morgan fingerprint density at radius 3 is 2.70 bits per heavy atom. The van der Waals surface area contributed by atoms with Gasteiger partial charge in [0.1, 0.15) is 0 Å². The minimum Gasteiger partial charge on any atom is -0.317 e. The third-order valence-electron chi connectivity index (χ3n) is 2.95. The lowest BCUT2D eigenvalue weighted by molar-refractivity contribution is -0.121. The lowest BCUT2D eigenvalue weighted by Gasteiger charge is -2.28. The van der Waals surface area contributed by atoms with Crippen LogP contribution in [0, 0.1) is 0 Å². The highest BCUT2D eigenvalue weighted by molar-refractivity contribution is 5.82. The maximum atomic E-state index is 13.5. The van der Waals surface area contributed by atoms with Gasteiger partial charge in [0, 0.05) is 18.6 Å². The van der Waals surface area contributed by atoms with E-state index in [1.807, 2.05) is 0 Å². The molecule has 116 valence electrons. The molecule has 0 aromatic carbocycles. The van der Waals surface area contributed by atoms with Crippen LogP contribution in [0.25, 0.3) is 0 Å². The van der Waals surface area contributed by atoms with Crippen LogP contribution in [0.4, 0.5) is 10.2 Å². The van der Waals surface area contributed by atoms with Crippen LogP contribution >= 0.6 is 0 Å². The Bertz CT molecular complexity index is 735. The molecule has 9 heteroatoms. The molecule has 3 heterocycles. The van der Waals surface area contributed by atoms with E-state index in [1.165, 1.54) is 23.5 Å². The zero-order valence-electron chi connectivity index (χ0n) is 11.9. The molecule has 1 unspecified atom stereocenters. The monoisotopic (exact) mass is 313 g/mol. The Morgan fingerprint density at radius 1 is 1.22 bits per heavy atom. The van der Waals surface area contributed by atoms with Crippen molar-refractivity contribution in [3.8, 4) is 0 Å². The summed E-state index contributed by atoms with van der Waals surface area (Å²) in [6.45, 7) is 0. The Morgan fingerprint density at radius 2 is 2.00 bits per heavy atom. The molecule has 2 aromatic heterocycles. The summed E-state index contributed by atoms with van der Waals surface area (Å²) in [6, 6.07) is 6.68. The minimum absolute atomic E-state index is 0.0420. The third kappa shape index (κ3) is 3.70. The van der Waals surface area contributed by atoms with Gasteiger partial charge in [0.2, 0.25) is 12.2 Å². The third-order valence-corrected chi connectivity index (χ3v) is 2.95. The molecule has 0 spiro atoms. The SMILES string of the molecule is O=C(Cc1cccnn1)NC1N=CC(F)=CN1c1cccnn1. The standard InChI is InChI=1S/C14H12FN7O/c15-10-8-16-14(22(9-10)12-4-2-6-18-21-12)19-13(23)7-11-3-1-5-17-20-11/h1-6,8-9,14H,7H2,(H,19,23). The second-order valence-electron chi connectivity index (χ2n) is 4.61. The van der Waals surface area contributed by atoms with Crippen molar-refractivity contribution in [3.63, 3.8) is 0 Å². The summed E-state index contributed by atoms with van der Waals surface area (Å²) in [7, 11) is 0. The Labute approximate surface area is 130 Å². The number of anilines is 1. The number of rotatable bonds is 4. The highest BCUT2D eigenvalue weighted by atomic mass is 19.1. The van der Waals surface area contributed by atoms with Crippen LogP contribution in [0.1, 0.15) is 5.69 Å². The van der Waals surface area contributed by atoms with Gasteiger partial charge in [-0.05, 0) is 24.3 Å². The molecule has 8 nitrogen and oxygen atoms in total. The molecule has 23 heavy (non-hydrogen) atoms. The van der Waals surface area contributed by atoms with Crippen LogP contribution in [0.15, 0.2) is 53.7 Å². The molecule has 0 radical (unpaired) electrons. The number of nitrogens with zero attached hydrogens (tertiary/aromatic N) is 6. The lowest BCUT2D eigenvalue weighted by atomic mass is 10.3. The molecule has 0 saturated carbocycles. The smallest absolute Gasteiger partial charge is 0.229 e. The number of nitrogens with one attached hydrogen (secondary N) is 1. The highest BCUT2D eigenvalue weighted by Gasteiger charge is 2.23. The molecule has 1 aliphatic heterocycles. The van der Waals surface area contributed by atoms with E-state index in [2.05, 4.69) is 30.7 Å². The van der Waals surface area contributed by atoms with Crippen molar-refractivity contribution < 1.29 is 9.18 Å². The normalized spacial score (nSPS) is 16.8. The average molecular weight is 313 g/mol. The fourth-order valence-electron chi connectivity index (χ4n) is 1.97. The quantitative estimate of drug-likeness (QED) is 0.888. The van der Waals surface area contributed by atoms with Gasteiger partial charge < -0.3 is 5.32 Å². The largest absolute Gasteiger partial charge is 0.317 e. The van der Waals surface area contributed by atoms with E-state index in [4.69, 9.17) is 0 Å². The number of aliphatic imine (C=N–C) groups is 1. The van der Waals surface area contributed by atoms with Gasteiger partial charge in [-0.25, -0.2) is 9.38 Å². The molecule has 1 aliphatic rings. The fraction of sp³-hybridized carbons (Fsp3) is 0.143. The van der Waals surface area contributed by atoms with Crippen LogP contribution in [-0.2, 0) is 11.2 Å². The lowest BCUT2D eigenvalue weighted by Crippen LogP contribution is -2.47. The topological polar surface area (TPSA) is 96.3 Å². The van der Waals surface area contributed by atoms with Crippen molar-refractivity contribution in [2.24, 2.45) is 4.99 Å². The summed E-state index contributed by atoms with van der Waals surface area (Å²) < 4.78 is 13.5. The molecule has 1 N–H and O–H groups in total. The number of halogens is 1. The first-order chi connectivity index (χ1) is 11.2. The van der Waals surface area contributed by atoms with Crippen molar-refractivity contribution in [1.82, 2.24) is 25.7 Å². The second-order valence-corrected chi connectivity index (χ2v) is 4.61. The van der Waals surface area contributed by atoms with E-state index in [9.17, 15) is 9.18 Å². The number of hydrogen-bond donors (Lipinski definition) is 1. The van der Waals surface area contributed by atoms with Gasteiger partial charge in [0.05, 0.1) is 18.3 Å². The molecule has 1 atom stereocenters. The second kappa shape index (κ2) is 6.69. The van der Waals surface area contributed by atoms with Gasteiger partial charge in [-0.1, -0.05) is 0 Å². The molecular formula is C14H12FN7O. The van der Waals surface area contributed by atoms with Crippen LogP contribution in [0.5, 0.6) is 0 Å². The van der Waals surface area contributed by atoms with Crippen molar-refractivity contribution >= 4 is 17.9 Å². The van der Waals surface area contributed by atoms with Gasteiger partial charge in [-0.15, -0.1) is 5.10 Å². The number of hydrogen-bond acceptors (Lipinski definition) is 7. The van der Waals surface area contributed by atoms with Crippen molar-refractivity contribution in [2.45, 2.75) is 12.7 Å². The molecule has 3 rings (SSSR count). The van der Waals surface area contributed by atoms with Crippen LogP contribution in [-0.4, -0.2) is 38.8 Å². The van der Waals surface area contributed by atoms with E-state index in [0.717, 1.165) is 6.21 Å². The van der Waals surface area contributed by atoms with Gasteiger partial charge >= 0.3 is 0 Å². The van der Waals surface area contributed by atoms with Gasteiger partial charge in [-0.2, -0.15) is 15.3 Å². The highest BCUT2D eigenvalue weighted by Crippen LogP contribution is 2.17. The van der Waals surface area contributed by atoms with Gasteiger partial charge in [0.15, 0.2) is 11.6 Å². The molecule has 1 amide bonds. The Hall–Kier alpha value is -3.23. The van der Waals surface area contributed by atoms with E-state index in [-0.39, 0.29) is 12.3 Å².